The number of rotatable bonds is 8. The molecular weight excluding hydrogens is 408 g/mol. The summed E-state index contributed by atoms with van der Waals surface area (Å²) in [5.74, 6) is 0.156. The standard InChI is InChI=1S/C24H28N4O4/c1-4-14-28-24(31)20-8-6-5-7-19(20)21(27-28)23(30)26-25-22(29)17-9-11-18(12-10-17)32-15-13-16(2)3/h5-12,16H,4,13-15H2,1-3H3,(H,25,29)(H,26,30). The average Bonchev–Trinajstić information content (AvgIpc) is 2.79. The molecule has 0 radical (unpaired) electrons. The monoisotopic (exact) mass is 436 g/mol. The second kappa shape index (κ2) is 10.6. The Balaban J connectivity index is 1.69. The van der Waals surface area contributed by atoms with Crippen LogP contribution in [0.1, 0.15) is 54.5 Å². The first-order valence-electron chi connectivity index (χ1n) is 10.7. The molecule has 0 bridgehead atoms. The molecule has 0 aliphatic heterocycles. The first-order chi connectivity index (χ1) is 15.4. The topological polar surface area (TPSA) is 102 Å². The van der Waals surface area contributed by atoms with Crippen molar-refractivity contribution < 1.29 is 14.3 Å². The molecule has 0 saturated heterocycles. The third-order valence-corrected chi connectivity index (χ3v) is 4.89. The largest absolute Gasteiger partial charge is 0.494 e. The summed E-state index contributed by atoms with van der Waals surface area (Å²) in [5.41, 5.74) is 4.98. The number of ether oxygens (including phenoxy) is 1. The van der Waals surface area contributed by atoms with Crippen LogP contribution in [0.3, 0.4) is 0 Å². The van der Waals surface area contributed by atoms with Crippen molar-refractivity contribution in [2.24, 2.45) is 5.92 Å². The Labute approximate surface area is 186 Å². The van der Waals surface area contributed by atoms with E-state index in [4.69, 9.17) is 4.74 Å². The van der Waals surface area contributed by atoms with Crippen molar-refractivity contribution in [3.63, 3.8) is 0 Å². The summed E-state index contributed by atoms with van der Waals surface area (Å²) in [6, 6.07) is 13.5. The van der Waals surface area contributed by atoms with Crippen LogP contribution in [0.2, 0.25) is 0 Å². The molecule has 0 aliphatic rings. The molecule has 0 spiro atoms. The third kappa shape index (κ3) is 5.51. The molecule has 0 fully saturated rings. The van der Waals surface area contributed by atoms with E-state index >= 15 is 0 Å². The van der Waals surface area contributed by atoms with Crippen LogP contribution in [0, 0.1) is 5.92 Å². The lowest BCUT2D eigenvalue weighted by Crippen LogP contribution is -2.42. The molecule has 1 heterocycles. The van der Waals surface area contributed by atoms with Gasteiger partial charge in [0.2, 0.25) is 0 Å². The lowest BCUT2D eigenvalue weighted by Gasteiger charge is -2.12. The van der Waals surface area contributed by atoms with Crippen LogP contribution >= 0.6 is 0 Å². The quantitative estimate of drug-likeness (QED) is 0.528. The van der Waals surface area contributed by atoms with E-state index in [0.717, 1.165) is 6.42 Å². The van der Waals surface area contributed by atoms with Gasteiger partial charge < -0.3 is 4.74 Å². The predicted octanol–water partition coefficient (Wildman–Crippen LogP) is 3.31. The maximum Gasteiger partial charge on any atom is 0.290 e. The van der Waals surface area contributed by atoms with Gasteiger partial charge in [0.1, 0.15) is 5.75 Å². The fourth-order valence-corrected chi connectivity index (χ4v) is 3.13. The molecule has 8 heteroatoms. The highest BCUT2D eigenvalue weighted by atomic mass is 16.5. The lowest BCUT2D eigenvalue weighted by molar-refractivity contribution is 0.0843. The highest BCUT2D eigenvalue weighted by molar-refractivity contribution is 6.06. The Morgan fingerprint density at radius 2 is 1.66 bits per heavy atom. The molecule has 2 amide bonds. The van der Waals surface area contributed by atoms with Gasteiger partial charge in [-0.05, 0) is 49.1 Å². The van der Waals surface area contributed by atoms with Gasteiger partial charge in [-0.15, -0.1) is 0 Å². The summed E-state index contributed by atoms with van der Waals surface area (Å²) in [5, 5.41) is 5.05. The molecule has 8 nitrogen and oxygen atoms in total. The van der Waals surface area contributed by atoms with Gasteiger partial charge in [0, 0.05) is 17.5 Å². The second-order valence-corrected chi connectivity index (χ2v) is 7.89. The molecule has 2 N–H and O–H groups in total. The minimum atomic E-state index is -0.604. The van der Waals surface area contributed by atoms with E-state index < -0.39 is 11.8 Å². The summed E-state index contributed by atoms with van der Waals surface area (Å²) < 4.78 is 6.93. The van der Waals surface area contributed by atoms with Crippen LogP contribution in [0.5, 0.6) is 5.75 Å². The Morgan fingerprint density at radius 1 is 1.00 bits per heavy atom. The van der Waals surface area contributed by atoms with E-state index in [-0.39, 0.29) is 11.3 Å². The summed E-state index contributed by atoms with van der Waals surface area (Å²) in [7, 11) is 0. The van der Waals surface area contributed by atoms with Crippen molar-refractivity contribution in [2.45, 2.75) is 40.2 Å². The highest BCUT2D eigenvalue weighted by Gasteiger charge is 2.17. The van der Waals surface area contributed by atoms with Crippen molar-refractivity contribution >= 4 is 22.6 Å². The summed E-state index contributed by atoms with van der Waals surface area (Å²) in [4.78, 5) is 37.8. The van der Waals surface area contributed by atoms with Gasteiger partial charge in [-0.25, -0.2) is 4.68 Å². The van der Waals surface area contributed by atoms with Gasteiger partial charge in [0.05, 0.1) is 12.0 Å². The maximum atomic E-state index is 12.8. The number of carbonyl (C=O) groups is 2. The fraction of sp³-hybridized carbons (Fsp3) is 0.333. The number of benzene rings is 2. The lowest BCUT2D eigenvalue weighted by atomic mass is 10.1. The molecule has 3 aromatic rings. The molecule has 0 aliphatic carbocycles. The number of amides is 2. The van der Waals surface area contributed by atoms with Gasteiger partial charge in [-0.3, -0.25) is 25.2 Å². The van der Waals surface area contributed by atoms with E-state index in [2.05, 4.69) is 29.8 Å². The van der Waals surface area contributed by atoms with Crippen LogP contribution in [0.4, 0.5) is 0 Å². The van der Waals surface area contributed by atoms with Gasteiger partial charge in [-0.1, -0.05) is 39.0 Å². The first-order valence-corrected chi connectivity index (χ1v) is 10.7. The number of hydrazine groups is 1. The molecule has 2 aromatic carbocycles. The Hall–Kier alpha value is -3.68. The third-order valence-electron chi connectivity index (χ3n) is 4.89. The Bertz CT molecular complexity index is 1150. The summed E-state index contributed by atoms with van der Waals surface area (Å²) in [6.45, 7) is 7.18. The minimum absolute atomic E-state index is 0.0721. The molecular formula is C24H28N4O4. The maximum absolute atomic E-state index is 12.8. The normalized spacial score (nSPS) is 10.9. The number of hydrogen-bond donors (Lipinski definition) is 2. The van der Waals surface area contributed by atoms with Gasteiger partial charge >= 0.3 is 0 Å². The minimum Gasteiger partial charge on any atom is -0.494 e. The van der Waals surface area contributed by atoms with Gasteiger partial charge in [0.15, 0.2) is 5.69 Å². The van der Waals surface area contributed by atoms with E-state index in [9.17, 15) is 14.4 Å². The summed E-state index contributed by atoms with van der Waals surface area (Å²) >= 11 is 0. The Morgan fingerprint density at radius 3 is 2.31 bits per heavy atom. The molecule has 168 valence electrons. The molecule has 3 rings (SSSR count). The molecule has 1 aromatic heterocycles. The van der Waals surface area contributed by atoms with Crippen LogP contribution in [-0.4, -0.2) is 28.2 Å². The van der Waals surface area contributed by atoms with Crippen LogP contribution < -0.4 is 21.1 Å². The first kappa shape index (κ1) is 23.0. The number of nitrogens with one attached hydrogen (secondary N) is 2. The SMILES string of the molecule is CCCn1nc(C(=O)NNC(=O)c2ccc(OCCC(C)C)cc2)c2ccccc2c1=O. The number of fused-ring (bicyclic) bond motifs is 1. The van der Waals surface area contributed by atoms with Crippen molar-refractivity contribution in [3.05, 3.63) is 70.1 Å². The highest BCUT2D eigenvalue weighted by Crippen LogP contribution is 2.14. The molecule has 32 heavy (non-hydrogen) atoms. The van der Waals surface area contributed by atoms with Crippen molar-refractivity contribution in [3.8, 4) is 5.75 Å². The van der Waals surface area contributed by atoms with Gasteiger partial charge in [-0.2, -0.15) is 5.10 Å². The summed E-state index contributed by atoms with van der Waals surface area (Å²) in [6.07, 6.45) is 1.64. The number of aromatic nitrogens is 2. The van der Waals surface area contributed by atoms with Crippen molar-refractivity contribution in [1.82, 2.24) is 20.6 Å². The van der Waals surface area contributed by atoms with E-state index in [1.165, 1.54) is 4.68 Å². The Kier molecular flexibility index (Phi) is 7.59. The van der Waals surface area contributed by atoms with Crippen molar-refractivity contribution in [2.75, 3.05) is 6.61 Å². The van der Waals surface area contributed by atoms with Crippen molar-refractivity contribution in [1.29, 1.82) is 0 Å². The van der Waals surface area contributed by atoms with E-state index in [1.807, 2.05) is 6.92 Å². The predicted molar refractivity (Wildman–Crippen MR) is 123 cm³/mol. The zero-order chi connectivity index (χ0) is 23.1. The van der Waals surface area contributed by atoms with Crippen LogP contribution in [0.25, 0.3) is 10.8 Å². The zero-order valence-electron chi connectivity index (χ0n) is 18.6. The smallest absolute Gasteiger partial charge is 0.290 e. The second-order valence-electron chi connectivity index (χ2n) is 7.89. The van der Waals surface area contributed by atoms with E-state index in [1.54, 1.807) is 48.5 Å². The number of carbonyl (C=O) groups excluding carboxylic acids is 2. The fourth-order valence-electron chi connectivity index (χ4n) is 3.13. The number of nitrogens with zero attached hydrogens (tertiary/aromatic N) is 2. The number of aryl methyl sites for hydroxylation is 1. The number of hydrogen-bond acceptors (Lipinski definition) is 5. The van der Waals surface area contributed by atoms with E-state index in [0.29, 0.717) is 47.6 Å². The van der Waals surface area contributed by atoms with Gasteiger partial charge in [0.25, 0.3) is 17.4 Å². The molecule has 0 atom stereocenters. The zero-order valence-corrected chi connectivity index (χ0v) is 18.6. The van der Waals surface area contributed by atoms with Crippen LogP contribution in [-0.2, 0) is 6.54 Å². The van der Waals surface area contributed by atoms with Crippen LogP contribution in [0.15, 0.2) is 53.3 Å². The molecule has 0 saturated carbocycles. The molecule has 0 unspecified atom stereocenters. The average molecular weight is 437 g/mol.